The molecule has 0 saturated heterocycles. The normalized spacial score (nSPS) is 19.3. The molecule has 26 heavy (non-hydrogen) atoms. The molecule has 136 valence electrons. The van der Waals surface area contributed by atoms with Gasteiger partial charge in [0.05, 0.1) is 6.61 Å². The van der Waals surface area contributed by atoms with E-state index in [0.29, 0.717) is 12.2 Å². The first-order valence-electron chi connectivity index (χ1n) is 9.01. The molecule has 1 aliphatic carbocycles. The molecule has 0 aromatic heterocycles. The van der Waals surface area contributed by atoms with Crippen molar-refractivity contribution in [1.29, 1.82) is 0 Å². The molecule has 0 radical (unpaired) electrons. The number of amides is 1. The number of carbonyl (C=O) groups excluding carboxylic acids is 1. The van der Waals surface area contributed by atoms with Crippen LogP contribution in [0.4, 0.5) is 0 Å². The molecule has 0 bridgehead atoms. The number of allylic oxidation sites excluding steroid dienone is 2. The zero-order chi connectivity index (χ0) is 18.4. The zero-order valence-electron chi connectivity index (χ0n) is 14.8. The number of carbonyl (C=O) groups is 1. The Morgan fingerprint density at radius 3 is 2.65 bits per heavy atom. The Labute approximate surface area is 159 Å². The van der Waals surface area contributed by atoms with Gasteiger partial charge in [-0.25, -0.2) is 0 Å². The van der Waals surface area contributed by atoms with Gasteiger partial charge in [-0.3, -0.25) is 4.79 Å². The van der Waals surface area contributed by atoms with Crippen LogP contribution in [0.5, 0.6) is 5.75 Å². The van der Waals surface area contributed by atoms with Gasteiger partial charge in [0, 0.05) is 10.6 Å². The predicted molar refractivity (Wildman–Crippen MR) is 106 cm³/mol. The van der Waals surface area contributed by atoms with E-state index in [1.165, 1.54) is 12.0 Å². The number of hydrogen-bond acceptors (Lipinski definition) is 2. The highest BCUT2D eigenvalue weighted by Gasteiger charge is 2.29. The molecule has 1 aliphatic rings. The Balaban J connectivity index is 1.64. The van der Waals surface area contributed by atoms with Crippen molar-refractivity contribution in [1.82, 2.24) is 0 Å². The van der Waals surface area contributed by atoms with E-state index in [-0.39, 0.29) is 5.41 Å². The molecule has 0 aliphatic heterocycles. The van der Waals surface area contributed by atoms with Gasteiger partial charge in [-0.2, -0.15) is 0 Å². The second-order valence-corrected chi connectivity index (χ2v) is 7.39. The fourth-order valence-electron chi connectivity index (χ4n) is 3.57. The topological polar surface area (TPSA) is 52.3 Å². The van der Waals surface area contributed by atoms with Gasteiger partial charge in [-0.05, 0) is 79.5 Å². The van der Waals surface area contributed by atoms with Crippen molar-refractivity contribution in [2.75, 3.05) is 6.61 Å². The van der Waals surface area contributed by atoms with Crippen molar-refractivity contribution >= 4 is 17.5 Å². The molecular formula is C22H24ClNO2. The van der Waals surface area contributed by atoms with Gasteiger partial charge in [-0.15, -0.1) is 0 Å². The molecule has 2 N–H and O–H groups in total. The number of rotatable bonds is 7. The lowest BCUT2D eigenvalue weighted by Gasteiger charge is -2.33. The molecule has 2 aromatic carbocycles. The standard InChI is InChI=1S/C22H24ClNO2/c23-19-6-4-5-17(15-19)16-22(11-2-1-3-12-22)13-14-26-20-9-7-18(8-10-20)21(24)25/h2,4-11,15H,1,3,12-14,16H2,(H2,24,25). The minimum Gasteiger partial charge on any atom is -0.494 e. The number of hydrogen-bond donors (Lipinski definition) is 1. The third-order valence-electron chi connectivity index (χ3n) is 4.97. The highest BCUT2D eigenvalue weighted by Crippen LogP contribution is 2.38. The predicted octanol–water partition coefficient (Wildman–Crippen LogP) is 5.18. The lowest BCUT2D eigenvalue weighted by Crippen LogP contribution is -2.26. The van der Waals surface area contributed by atoms with Crippen LogP contribution in [0.2, 0.25) is 5.02 Å². The Morgan fingerprint density at radius 2 is 2.00 bits per heavy atom. The minimum absolute atomic E-state index is 0.107. The van der Waals surface area contributed by atoms with Crippen molar-refractivity contribution in [3.8, 4) is 5.75 Å². The molecule has 2 aromatic rings. The third-order valence-corrected chi connectivity index (χ3v) is 5.20. The second kappa shape index (κ2) is 8.41. The second-order valence-electron chi connectivity index (χ2n) is 6.95. The molecule has 0 spiro atoms. The summed E-state index contributed by atoms with van der Waals surface area (Å²) in [4.78, 5) is 11.1. The van der Waals surface area contributed by atoms with Gasteiger partial charge in [0.25, 0.3) is 0 Å². The first-order chi connectivity index (χ1) is 12.6. The van der Waals surface area contributed by atoms with Crippen LogP contribution in [0.3, 0.4) is 0 Å². The van der Waals surface area contributed by atoms with Crippen LogP contribution in [0, 0.1) is 5.41 Å². The molecule has 1 atom stereocenters. The Bertz CT molecular complexity index is 785. The van der Waals surface area contributed by atoms with Crippen LogP contribution in [0.25, 0.3) is 0 Å². The number of ether oxygens (including phenoxy) is 1. The first kappa shape index (κ1) is 18.5. The average molecular weight is 370 g/mol. The van der Waals surface area contributed by atoms with E-state index in [1.807, 2.05) is 12.1 Å². The van der Waals surface area contributed by atoms with Gasteiger partial charge in [0.15, 0.2) is 0 Å². The SMILES string of the molecule is NC(=O)c1ccc(OCCC2(Cc3cccc(Cl)c3)C=CCCC2)cc1. The van der Waals surface area contributed by atoms with E-state index < -0.39 is 5.91 Å². The monoisotopic (exact) mass is 369 g/mol. The molecule has 1 amide bonds. The van der Waals surface area contributed by atoms with E-state index in [9.17, 15) is 4.79 Å². The van der Waals surface area contributed by atoms with E-state index in [4.69, 9.17) is 22.1 Å². The van der Waals surface area contributed by atoms with Crippen LogP contribution in [0.15, 0.2) is 60.7 Å². The highest BCUT2D eigenvalue weighted by atomic mass is 35.5. The largest absolute Gasteiger partial charge is 0.494 e. The van der Waals surface area contributed by atoms with E-state index in [0.717, 1.165) is 36.5 Å². The van der Waals surface area contributed by atoms with E-state index in [2.05, 4.69) is 24.3 Å². The summed E-state index contributed by atoms with van der Waals surface area (Å²) in [6.07, 6.45) is 10.0. The van der Waals surface area contributed by atoms with Gasteiger partial charge in [-0.1, -0.05) is 35.9 Å². The summed E-state index contributed by atoms with van der Waals surface area (Å²) in [6.45, 7) is 0.626. The van der Waals surface area contributed by atoms with Gasteiger partial charge in [0.2, 0.25) is 5.91 Å². The molecule has 0 fully saturated rings. The van der Waals surface area contributed by atoms with Crippen LogP contribution >= 0.6 is 11.6 Å². The maximum atomic E-state index is 11.1. The van der Waals surface area contributed by atoms with Crippen molar-refractivity contribution in [3.05, 3.63) is 76.8 Å². The Kier molecular flexibility index (Phi) is 6.00. The lowest BCUT2D eigenvalue weighted by atomic mass is 9.72. The van der Waals surface area contributed by atoms with Crippen molar-refractivity contribution in [2.45, 2.75) is 32.1 Å². The summed E-state index contributed by atoms with van der Waals surface area (Å²) in [7, 11) is 0. The smallest absolute Gasteiger partial charge is 0.248 e. The fraction of sp³-hybridized carbons (Fsp3) is 0.318. The van der Waals surface area contributed by atoms with E-state index >= 15 is 0 Å². The molecular weight excluding hydrogens is 346 g/mol. The quantitative estimate of drug-likeness (QED) is 0.684. The zero-order valence-corrected chi connectivity index (χ0v) is 15.5. The average Bonchev–Trinajstić information content (AvgIpc) is 2.63. The number of primary amides is 1. The van der Waals surface area contributed by atoms with Crippen LogP contribution in [-0.4, -0.2) is 12.5 Å². The van der Waals surface area contributed by atoms with Crippen molar-refractivity contribution in [2.24, 2.45) is 11.1 Å². The number of nitrogens with two attached hydrogens (primary N) is 1. The number of halogens is 1. The summed E-state index contributed by atoms with van der Waals surface area (Å²) in [6, 6.07) is 15.1. The lowest BCUT2D eigenvalue weighted by molar-refractivity contribution is 0.100. The molecule has 0 heterocycles. The summed E-state index contributed by atoms with van der Waals surface area (Å²) in [5.41, 5.74) is 7.12. The maximum absolute atomic E-state index is 11.1. The maximum Gasteiger partial charge on any atom is 0.248 e. The molecule has 3 nitrogen and oxygen atoms in total. The molecule has 0 saturated carbocycles. The summed E-state index contributed by atoms with van der Waals surface area (Å²) in [5.74, 6) is 0.331. The third kappa shape index (κ3) is 4.89. The Hall–Kier alpha value is -2.26. The van der Waals surface area contributed by atoms with Gasteiger partial charge >= 0.3 is 0 Å². The van der Waals surface area contributed by atoms with Gasteiger partial charge < -0.3 is 10.5 Å². The van der Waals surface area contributed by atoms with E-state index in [1.54, 1.807) is 24.3 Å². The number of benzene rings is 2. The molecule has 4 heteroatoms. The molecule has 3 rings (SSSR count). The summed E-state index contributed by atoms with van der Waals surface area (Å²) < 4.78 is 5.92. The van der Waals surface area contributed by atoms with Crippen molar-refractivity contribution < 1.29 is 9.53 Å². The molecule has 1 unspecified atom stereocenters. The minimum atomic E-state index is -0.427. The summed E-state index contributed by atoms with van der Waals surface area (Å²) in [5, 5.41) is 0.781. The Morgan fingerprint density at radius 1 is 1.19 bits per heavy atom. The summed E-state index contributed by atoms with van der Waals surface area (Å²) >= 11 is 6.15. The van der Waals surface area contributed by atoms with Crippen LogP contribution in [-0.2, 0) is 6.42 Å². The van der Waals surface area contributed by atoms with Gasteiger partial charge in [0.1, 0.15) is 5.75 Å². The first-order valence-corrected chi connectivity index (χ1v) is 9.39. The van der Waals surface area contributed by atoms with Crippen LogP contribution < -0.4 is 10.5 Å². The van der Waals surface area contributed by atoms with Crippen molar-refractivity contribution in [3.63, 3.8) is 0 Å². The fourth-order valence-corrected chi connectivity index (χ4v) is 3.79. The highest BCUT2D eigenvalue weighted by molar-refractivity contribution is 6.30. The van der Waals surface area contributed by atoms with Crippen LogP contribution in [0.1, 0.15) is 41.6 Å².